The topological polar surface area (TPSA) is 72.2 Å². The molecule has 1 aromatic heterocycles. The number of rotatable bonds is 4. The number of aryl methyl sites for hydroxylation is 2. The Kier molecular flexibility index (Phi) is 3.52. The standard InChI is InChI=1S/C13H12N2O3/c16-12-8-11(13(17)18)14-9-15(12)7-6-10-4-2-1-3-5-10/h1-5,8-9H,6-7H2,(H,17,18). The Hall–Kier alpha value is -2.43. The molecule has 0 unspecified atom stereocenters. The lowest BCUT2D eigenvalue weighted by Gasteiger charge is -2.05. The van der Waals surface area contributed by atoms with E-state index in [1.54, 1.807) is 0 Å². The second-order valence-electron chi connectivity index (χ2n) is 3.85. The van der Waals surface area contributed by atoms with Crippen LogP contribution < -0.4 is 5.56 Å². The zero-order valence-corrected chi connectivity index (χ0v) is 9.61. The van der Waals surface area contributed by atoms with Crippen LogP contribution in [0.2, 0.25) is 0 Å². The molecule has 0 aliphatic carbocycles. The van der Waals surface area contributed by atoms with Crippen LogP contribution in [0.3, 0.4) is 0 Å². The fourth-order valence-electron chi connectivity index (χ4n) is 1.61. The fraction of sp³-hybridized carbons (Fsp3) is 0.154. The molecule has 2 aromatic rings. The molecular formula is C13H12N2O3. The van der Waals surface area contributed by atoms with Crippen LogP contribution in [-0.4, -0.2) is 20.6 Å². The number of aromatic nitrogens is 2. The number of carbonyl (C=O) groups is 1. The molecule has 0 bridgehead atoms. The van der Waals surface area contributed by atoms with E-state index in [1.165, 1.54) is 10.9 Å². The minimum Gasteiger partial charge on any atom is -0.477 e. The maximum atomic E-state index is 11.6. The van der Waals surface area contributed by atoms with E-state index in [2.05, 4.69) is 4.98 Å². The highest BCUT2D eigenvalue weighted by molar-refractivity contribution is 5.84. The van der Waals surface area contributed by atoms with Gasteiger partial charge in [-0.05, 0) is 12.0 Å². The highest BCUT2D eigenvalue weighted by Gasteiger charge is 2.06. The smallest absolute Gasteiger partial charge is 0.354 e. The molecule has 92 valence electrons. The zero-order valence-electron chi connectivity index (χ0n) is 9.61. The van der Waals surface area contributed by atoms with Gasteiger partial charge in [0.15, 0.2) is 5.69 Å². The molecule has 0 saturated heterocycles. The van der Waals surface area contributed by atoms with Gasteiger partial charge in [-0.2, -0.15) is 0 Å². The number of aromatic carboxylic acids is 1. The van der Waals surface area contributed by atoms with Crippen LogP contribution >= 0.6 is 0 Å². The van der Waals surface area contributed by atoms with E-state index >= 15 is 0 Å². The first-order valence-corrected chi connectivity index (χ1v) is 5.50. The summed E-state index contributed by atoms with van der Waals surface area (Å²) in [5, 5.41) is 8.70. The van der Waals surface area contributed by atoms with Crippen molar-refractivity contribution < 1.29 is 9.90 Å². The first-order valence-electron chi connectivity index (χ1n) is 5.50. The van der Waals surface area contributed by atoms with Crippen LogP contribution in [0, 0.1) is 0 Å². The van der Waals surface area contributed by atoms with Crippen molar-refractivity contribution in [3.05, 3.63) is 64.3 Å². The summed E-state index contributed by atoms with van der Waals surface area (Å²) >= 11 is 0. The lowest BCUT2D eigenvalue weighted by Crippen LogP contribution is -2.22. The summed E-state index contributed by atoms with van der Waals surface area (Å²) in [7, 11) is 0. The normalized spacial score (nSPS) is 10.2. The number of benzene rings is 1. The van der Waals surface area contributed by atoms with Gasteiger partial charge in [0.2, 0.25) is 0 Å². The number of carboxylic acid groups (broad SMARTS) is 1. The predicted molar refractivity (Wildman–Crippen MR) is 65.6 cm³/mol. The van der Waals surface area contributed by atoms with Crippen LogP contribution in [-0.2, 0) is 13.0 Å². The van der Waals surface area contributed by atoms with E-state index in [0.29, 0.717) is 13.0 Å². The molecule has 0 radical (unpaired) electrons. The molecule has 0 atom stereocenters. The van der Waals surface area contributed by atoms with Crippen molar-refractivity contribution in [1.82, 2.24) is 9.55 Å². The van der Waals surface area contributed by atoms with Gasteiger partial charge in [-0.3, -0.25) is 9.36 Å². The second-order valence-corrected chi connectivity index (χ2v) is 3.85. The Morgan fingerprint density at radius 2 is 2.00 bits per heavy atom. The lowest BCUT2D eigenvalue weighted by molar-refractivity contribution is 0.0690. The summed E-state index contributed by atoms with van der Waals surface area (Å²) in [6.07, 6.45) is 1.98. The van der Waals surface area contributed by atoms with E-state index in [9.17, 15) is 9.59 Å². The average molecular weight is 244 g/mol. The van der Waals surface area contributed by atoms with Gasteiger partial charge in [-0.1, -0.05) is 30.3 Å². The quantitative estimate of drug-likeness (QED) is 0.876. The van der Waals surface area contributed by atoms with E-state index in [0.717, 1.165) is 11.6 Å². The molecule has 0 saturated carbocycles. The van der Waals surface area contributed by atoms with Crippen LogP contribution in [0.25, 0.3) is 0 Å². The van der Waals surface area contributed by atoms with Crippen molar-refractivity contribution >= 4 is 5.97 Å². The molecule has 2 rings (SSSR count). The van der Waals surface area contributed by atoms with Crippen molar-refractivity contribution in [1.29, 1.82) is 0 Å². The largest absolute Gasteiger partial charge is 0.477 e. The molecule has 0 amide bonds. The number of carboxylic acids is 1. The Bertz CT molecular complexity index is 605. The molecule has 0 fully saturated rings. The molecule has 0 spiro atoms. The molecular weight excluding hydrogens is 232 g/mol. The van der Waals surface area contributed by atoms with Gasteiger partial charge in [-0.25, -0.2) is 9.78 Å². The molecule has 5 heteroatoms. The van der Waals surface area contributed by atoms with E-state index < -0.39 is 5.97 Å². The van der Waals surface area contributed by atoms with E-state index in [4.69, 9.17) is 5.11 Å². The molecule has 1 heterocycles. The van der Waals surface area contributed by atoms with Crippen LogP contribution in [0.15, 0.2) is 47.5 Å². The summed E-state index contributed by atoms with van der Waals surface area (Å²) in [6.45, 7) is 0.482. The monoisotopic (exact) mass is 244 g/mol. The average Bonchev–Trinajstić information content (AvgIpc) is 2.38. The molecule has 5 nitrogen and oxygen atoms in total. The van der Waals surface area contributed by atoms with Gasteiger partial charge < -0.3 is 5.11 Å². The maximum Gasteiger partial charge on any atom is 0.354 e. The summed E-state index contributed by atoms with van der Waals surface area (Å²) in [5.74, 6) is -1.19. The maximum absolute atomic E-state index is 11.6. The number of nitrogens with zero attached hydrogens (tertiary/aromatic N) is 2. The Labute approximate surface area is 103 Å². The molecule has 0 aliphatic rings. The van der Waals surface area contributed by atoms with Crippen molar-refractivity contribution in [2.75, 3.05) is 0 Å². The van der Waals surface area contributed by atoms with Crippen molar-refractivity contribution in [3.63, 3.8) is 0 Å². The summed E-state index contributed by atoms with van der Waals surface area (Å²) < 4.78 is 1.40. The number of hydrogen-bond acceptors (Lipinski definition) is 3. The highest BCUT2D eigenvalue weighted by Crippen LogP contribution is 2.00. The van der Waals surface area contributed by atoms with E-state index in [1.807, 2.05) is 30.3 Å². The molecule has 1 aromatic carbocycles. The first kappa shape index (κ1) is 12.0. The SMILES string of the molecule is O=C(O)c1cc(=O)n(CCc2ccccc2)cn1. The summed E-state index contributed by atoms with van der Waals surface area (Å²) in [4.78, 5) is 26.0. The van der Waals surface area contributed by atoms with Gasteiger partial charge in [0.25, 0.3) is 5.56 Å². The third-order valence-corrected chi connectivity index (χ3v) is 2.58. The molecule has 18 heavy (non-hydrogen) atoms. The van der Waals surface area contributed by atoms with Gasteiger partial charge in [-0.15, -0.1) is 0 Å². The minimum atomic E-state index is -1.19. The second kappa shape index (κ2) is 5.27. The van der Waals surface area contributed by atoms with Crippen molar-refractivity contribution in [3.8, 4) is 0 Å². The van der Waals surface area contributed by atoms with Crippen LogP contribution in [0.1, 0.15) is 16.1 Å². The molecule has 1 N–H and O–H groups in total. The fourth-order valence-corrected chi connectivity index (χ4v) is 1.61. The first-order chi connectivity index (χ1) is 8.66. The number of hydrogen-bond donors (Lipinski definition) is 1. The van der Waals surface area contributed by atoms with Gasteiger partial charge in [0.05, 0.1) is 6.33 Å². The van der Waals surface area contributed by atoms with Gasteiger partial charge >= 0.3 is 5.97 Å². The lowest BCUT2D eigenvalue weighted by atomic mass is 10.1. The third kappa shape index (κ3) is 2.82. The van der Waals surface area contributed by atoms with Gasteiger partial charge in [0, 0.05) is 12.6 Å². The van der Waals surface area contributed by atoms with E-state index in [-0.39, 0.29) is 11.3 Å². The minimum absolute atomic E-state index is 0.226. The summed E-state index contributed by atoms with van der Waals surface area (Å²) in [6, 6.07) is 10.8. The Morgan fingerprint density at radius 3 is 2.61 bits per heavy atom. The third-order valence-electron chi connectivity index (χ3n) is 2.58. The highest BCUT2D eigenvalue weighted by atomic mass is 16.4. The Balaban J connectivity index is 2.11. The Morgan fingerprint density at radius 1 is 1.28 bits per heavy atom. The van der Waals surface area contributed by atoms with Crippen LogP contribution in [0.4, 0.5) is 0 Å². The van der Waals surface area contributed by atoms with Gasteiger partial charge in [0.1, 0.15) is 0 Å². The molecule has 0 aliphatic heterocycles. The zero-order chi connectivity index (χ0) is 13.0. The van der Waals surface area contributed by atoms with Crippen molar-refractivity contribution in [2.24, 2.45) is 0 Å². The van der Waals surface area contributed by atoms with Crippen LogP contribution in [0.5, 0.6) is 0 Å². The predicted octanol–water partition coefficient (Wildman–Crippen LogP) is 1.18. The summed E-state index contributed by atoms with van der Waals surface area (Å²) in [5.41, 5.74) is 0.543. The van der Waals surface area contributed by atoms with Crippen molar-refractivity contribution in [2.45, 2.75) is 13.0 Å².